The number of aromatic nitrogens is 1. The number of nitrogens with zero attached hydrogens (tertiary/aromatic N) is 1. The summed E-state index contributed by atoms with van der Waals surface area (Å²) in [5.41, 5.74) is 5.17. The van der Waals surface area contributed by atoms with E-state index < -0.39 is 0 Å². The topological polar surface area (TPSA) is 45.3 Å². The Bertz CT molecular complexity index is 1180. The van der Waals surface area contributed by atoms with Gasteiger partial charge in [-0.05, 0) is 73.4 Å². The van der Waals surface area contributed by atoms with E-state index in [1.807, 2.05) is 18.2 Å². The highest BCUT2D eigenvalue weighted by atomic mass is 35.5. The molecule has 1 amide bonds. The second kappa shape index (κ2) is 7.03. The van der Waals surface area contributed by atoms with Crippen molar-refractivity contribution in [2.75, 3.05) is 20.2 Å². The van der Waals surface area contributed by atoms with Crippen molar-refractivity contribution < 1.29 is 9.53 Å². The van der Waals surface area contributed by atoms with Crippen molar-refractivity contribution in [3.05, 3.63) is 64.3 Å². The number of likely N-dealkylation sites (tertiary alicyclic amines) is 1. The number of H-pyrrole nitrogens is 1. The second-order valence-electron chi connectivity index (χ2n) is 9.55. The fourth-order valence-corrected chi connectivity index (χ4v) is 6.17. The van der Waals surface area contributed by atoms with Gasteiger partial charge < -0.3 is 14.6 Å². The number of halogens is 1. The molecule has 0 bridgehead atoms. The highest BCUT2D eigenvalue weighted by Crippen LogP contribution is 2.50. The molecule has 3 aliphatic rings. The van der Waals surface area contributed by atoms with Gasteiger partial charge in [-0.1, -0.05) is 29.8 Å². The lowest BCUT2D eigenvalue weighted by Crippen LogP contribution is -2.55. The molecular weight excluding hydrogens is 408 g/mol. The number of nitrogens with one attached hydrogen (secondary N) is 1. The quantitative estimate of drug-likeness (QED) is 0.621. The summed E-state index contributed by atoms with van der Waals surface area (Å²) in [6.45, 7) is 1.68. The third-order valence-corrected chi connectivity index (χ3v) is 8.07. The summed E-state index contributed by atoms with van der Waals surface area (Å²) in [5.74, 6) is 1.93. The van der Waals surface area contributed by atoms with Crippen molar-refractivity contribution in [2.45, 2.75) is 37.5 Å². The summed E-state index contributed by atoms with van der Waals surface area (Å²) in [7, 11) is 1.73. The predicted octanol–water partition coefficient (Wildman–Crippen LogP) is 5.13. The van der Waals surface area contributed by atoms with Crippen LogP contribution in [-0.2, 0) is 23.1 Å². The molecule has 1 saturated heterocycles. The lowest BCUT2D eigenvalue weighted by atomic mass is 9.58. The van der Waals surface area contributed by atoms with Gasteiger partial charge in [0.15, 0.2) is 0 Å². The average Bonchev–Trinajstić information content (AvgIpc) is 3.58. The average molecular weight is 435 g/mol. The Hall–Kier alpha value is -2.46. The molecule has 4 nitrogen and oxygen atoms in total. The maximum atomic E-state index is 12.9. The molecule has 6 rings (SSSR count). The third kappa shape index (κ3) is 3.07. The fourth-order valence-electron chi connectivity index (χ4n) is 6.00. The van der Waals surface area contributed by atoms with Crippen molar-refractivity contribution in [3.63, 3.8) is 0 Å². The lowest BCUT2D eigenvalue weighted by molar-refractivity contribution is -0.135. The molecule has 5 heteroatoms. The first-order chi connectivity index (χ1) is 15.1. The lowest BCUT2D eigenvalue weighted by Gasteiger charge is -2.51. The minimum Gasteiger partial charge on any atom is -0.497 e. The van der Waals surface area contributed by atoms with Gasteiger partial charge in [0, 0.05) is 46.0 Å². The van der Waals surface area contributed by atoms with Gasteiger partial charge in [0.25, 0.3) is 0 Å². The molecular formula is C26H27ClN2O2. The number of amides is 1. The Kier molecular flexibility index (Phi) is 4.36. The monoisotopic (exact) mass is 434 g/mol. The number of carbonyl (C=O) groups is 1. The maximum absolute atomic E-state index is 12.9. The van der Waals surface area contributed by atoms with Crippen LogP contribution in [0.5, 0.6) is 5.75 Å². The molecule has 1 N–H and O–H groups in total. The van der Waals surface area contributed by atoms with Crippen LogP contribution in [0.25, 0.3) is 10.9 Å². The van der Waals surface area contributed by atoms with Crippen LogP contribution in [0.2, 0.25) is 5.02 Å². The van der Waals surface area contributed by atoms with Crippen LogP contribution < -0.4 is 4.74 Å². The van der Waals surface area contributed by atoms with E-state index in [-0.39, 0.29) is 11.3 Å². The van der Waals surface area contributed by atoms with E-state index in [1.165, 1.54) is 22.2 Å². The number of aromatic amines is 1. The number of methoxy groups -OCH3 is 1. The number of rotatable bonds is 3. The van der Waals surface area contributed by atoms with Crippen molar-refractivity contribution in [1.29, 1.82) is 0 Å². The Morgan fingerprint density at radius 3 is 2.90 bits per heavy atom. The number of carbonyl (C=O) groups excluding carboxylic acids is 1. The van der Waals surface area contributed by atoms with E-state index in [9.17, 15) is 4.79 Å². The van der Waals surface area contributed by atoms with E-state index >= 15 is 0 Å². The van der Waals surface area contributed by atoms with Gasteiger partial charge in [-0.2, -0.15) is 0 Å². The molecule has 2 aliphatic carbocycles. The van der Waals surface area contributed by atoms with Crippen LogP contribution in [0.15, 0.2) is 42.5 Å². The summed E-state index contributed by atoms with van der Waals surface area (Å²) in [6, 6.07) is 14.7. The van der Waals surface area contributed by atoms with Crippen molar-refractivity contribution in [1.82, 2.24) is 9.88 Å². The summed E-state index contributed by atoms with van der Waals surface area (Å²) in [6.07, 6.45) is 5.04. The van der Waals surface area contributed by atoms with E-state index in [0.29, 0.717) is 11.8 Å². The zero-order chi connectivity index (χ0) is 21.2. The second-order valence-corrected chi connectivity index (χ2v) is 9.98. The summed E-state index contributed by atoms with van der Waals surface area (Å²) in [5, 5.41) is 2.02. The van der Waals surface area contributed by atoms with Gasteiger partial charge in [0.05, 0.1) is 7.11 Å². The van der Waals surface area contributed by atoms with Gasteiger partial charge in [-0.15, -0.1) is 0 Å². The van der Waals surface area contributed by atoms with Crippen LogP contribution in [0, 0.1) is 11.8 Å². The van der Waals surface area contributed by atoms with Gasteiger partial charge >= 0.3 is 0 Å². The van der Waals surface area contributed by atoms with Crippen LogP contribution in [0.3, 0.4) is 0 Å². The molecule has 2 fully saturated rings. The van der Waals surface area contributed by atoms with E-state index in [1.54, 1.807) is 7.11 Å². The first-order valence-corrected chi connectivity index (χ1v) is 11.7. The van der Waals surface area contributed by atoms with E-state index in [0.717, 1.165) is 61.5 Å². The molecule has 1 saturated carbocycles. The van der Waals surface area contributed by atoms with Crippen LogP contribution in [0.4, 0.5) is 0 Å². The van der Waals surface area contributed by atoms with Gasteiger partial charge in [0.2, 0.25) is 5.91 Å². The van der Waals surface area contributed by atoms with Crippen molar-refractivity contribution >= 4 is 28.4 Å². The number of hydrogen-bond acceptors (Lipinski definition) is 2. The van der Waals surface area contributed by atoms with Gasteiger partial charge in [-0.3, -0.25) is 4.79 Å². The SMILES string of the molecule is COc1cccc([C@]23CCN(C(=O)C4CC4)CC2Cc2c([nH]c4cc(Cl)ccc24)C3)c1. The summed E-state index contributed by atoms with van der Waals surface area (Å²) >= 11 is 6.27. The number of fused-ring (bicyclic) bond motifs is 4. The number of piperidine rings is 1. The molecule has 1 unspecified atom stereocenters. The fraction of sp³-hybridized carbons (Fsp3) is 0.423. The zero-order valence-corrected chi connectivity index (χ0v) is 18.5. The molecule has 0 radical (unpaired) electrons. The highest BCUT2D eigenvalue weighted by Gasteiger charge is 2.50. The molecule has 3 aromatic rings. The standard InChI is InChI=1S/C26H27ClN2O2/c1-31-20-4-2-3-17(11-20)26-9-10-29(25(30)16-5-6-16)15-18(26)12-22-21-8-7-19(27)13-23(21)28-24(22)14-26/h2-4,7-8,11,13,16,18,28H,5-6,9-10,12,14-15H2,1H3/t18?,26-/m1/s1. The molecule has 1 aromatic heterocycles. The smallest absolute Gasteiger partial charge is 0.225 e. The normalized spacial score (nSPS) is 25.2. The highest BCUT2D eigenvalue weighted by molar-refractivity contribution is 6.31. The largest absolute Gasteiger partial charge is 0.497 e. The van der Waals surface area contributed by atoms with Crippen molar-refractivity contribution in [3.8, 4) is 5.75 Å². The molecule has 2 atom stereocenters. The minimum atomic E-state index is 0.00649. The van der Waals surface area contributed by atoms with Crippen LogP contribution in [-0.4, -0.2) is 36.0 Å². The molecule has 31 heavy (non-hydrogen) atoms. The summed E-state index contributed by atoms with van der Waals surface area (Å²) in [4.78, 5) is 18.7. The third-order valence-electron chi connectivity index (χ3n) is 7.83. The van der Waals surface area contributed by atoms with E-state index in [2.05, 4.69) is 34.1 Å². The van der Waals surface area contributed by atoms with Crippen LogP contribution in [0.1, 0.15) is 36.1 Å². The molecule has 2 heterocycles. The van der Waals surface area contributed by atoms with Gasteiger partial charge in [0.1, 0.15) is 5.75 Å². The Morgan fingerprint density at radius 1 is 1.23 bits per heavy atom. The predicted molar refractivity (Wildman–Crippen MR) is 123 cm³/mol. The zero-order valence-electron chi connectivity index (χ0n) is 17.8. The molecule has 0 spiro atoms. The van der Waals surface area contributed by atoms with E-state index in [4.69, 9.17) is 16.3 Å². The molecule has 2 aromatic carbocycles. The first kappa shape index (κ1) is 19.2. The maximum Gasteiger partial charge on any atom is 0.225 e. The Balaban J connectivity index is 1.45. The Morgan fingerprint density at radius 2 is 2.10 bits per heavy atom. The van der Waals surface area contributed by atoms with Gasteiger partial charge in [-0.25, -0.2) is 0 Å². The Labute approximate surface area is 187 Å². The first-order valence-electron chi connectivity index (χ1n) is 11.3. The van der Waals surface area contributed by atoms with Crippen LogP contribution >= 0.6 is 11.6 Å². The molecule has 160 valence electrons. The molecule has 1 aliphatic heterocycles. The summed E-state index contributed by atoms with van der Waals surface area (Å²) < 4.78 is 5.56. The minimum absolute atomic E-state index is 0.00649. The number of benzene rings is 2. The number of ether oxygens (including phenoxy) is 1. The number of hydrogen-bond donors (Lipinski definition) is 1. The van der Waals surface area contributed by atoms with Crippen molar-refractivity contribution in [2.24, 2.45) is 11.8 Å².